The predicted molar refractivity (Wildman–Crippen MR) is 55.9 cm³/mol. The van der Waals surface area contributed by atoms with E-state index in [0.717, 1.165) is 31.3 Å². The van der Waals surface area contributed by atoms with E-state index in [9.17, 15) is 4.79 Å². The van der Waals surface area contributed by atoms with E-state index in [1.807, 2.05) is 0 Å². The lowest BCUT2D eigenvalue weighted by Crippen LogP contribution is -2.08. The molecule has 0 heterocycles. The molecule has 0 unspecified atom stereocenters. The molecule has 3 aliphatic rings. The van der Waals surface area contributed by atoms with E-state index in [1.54, 1.807) is 0 Å². The summed E-state index contributed by atoms with van der Waals surface area (Å²) in [5, 5.41) is 0. The van der Waals surface area contributed by atoms with Crippen molar-refractivity contribution in [2.75, 3.05) is 0 Å². The van der Waals surface area contributed by atoms with Crippen molar-refractivity contribution in [3.63, 3.8) is 0 Å². The molecule has 0 aliphatic heterocycles. The van der Waals surface area contributed by atoms with E-state index in [2.05, 4.69) is 12.2 Å². The van der Waals surface area contributed by atoms with Crippen LogP contribution >= 0.6 is 0 Å². The Labute approximate surface area is 84.2 Å². The highest BCUT2D eigenvalue weighted by atomic mass is 16.1. The Balaban J connectivity index is 2.12. The minimum atomic E-state index is 0.388. The predicted octanol–water partition coefficient (Wildman–Crippen LogP) is 3.09. The largest absolute Gasteiger partial charge is 0.294 e. The average molecular weight is 186 g/mol. The van der Waals surface area contributed by atoms with E-state index in [0.29, 0.717) is 5.78 Å². The van der Waals surface area contributed by atoms with Gasteiger partial charge < -0.3 is 0 Å². The number of hydrogen-bond acceptors (Lipinski definition) is 1. The van der Waals surface area contributed by atoms with Gasteiger partial charge in [-0.05, 0) is 37.7 Å². The summed E-state index contributed by atoms with van der Waals surface area (Å²) in [6, 6.07) is 0. The van der Waals surface area contributed by atoms with Crippen LogP contribution in [0.2, 0.25) is 0 Å². The molecule has 0 saturated heterocycles. The normalized spacial score (nSPS) is 25.6. The van der Waals surface area contributed by atoms with Crippen LogP contribution in [0.4, 0.5) is 0 Å². The second-order valence-electron chi connectivity index (χ2n) is 4.36. The zero-order valence-electron chi connectivity index (χ0n) is 8.31. The summed E-state index contributed by atoms with van der Waals surface area (Å²) in [6.45, 7) is 0. The molecular weight excluding hydrogens is 172 g/mol. The fourth-order valence-electron chi connectivity index (χ4n) is 2.84. The van der Waals surface area contributed by atoms with Gasteiger partial charge in [-0.1, -0.05) is 23.3 Å². The smallest absolute Gasteiger partial charge is 0.163 e. The first-order valence-electron chi connectivity index (χ1n) is 5.50. The molecule has 0 amide bonds. The van der Waals surface area contributed by atoms with Crippen LogP contribution in [0.1, 0.15) is 38.5 Å². The van der Waals surface area contributed by atoms with Gasteiger partial charge in [-0.3, -0.25) is 4.79 Å². The molecule has 14 heavy (non-hydrogen) atoms. The zero-order valence-corrected chi connectivity index (χ0v) is 8.31. The molecule has 0 bridgehead atoms. The molecule has 0 N–H and O–H groups in total. The van der Waals surface area contributed by atoms with Gasteiger partial charge in [0, 0.05) is 12.0 Å². The van der Waals surface area contributed by atoms with Crippen molar-refractivity contribution in [2.45, 2.75) is 38.5 Å². The zero-order chi connectivity index (χ0) is 9.54. The SMILES string of the molecule is O=C1CCC2=C1C1=C(CCC=C1)CC2. The number of fused-ring (bicyclic) bond motifs is 1. The molecule has 3 rings (SSSR count). The van der Waals surface area contributed by atoms with Crippen LogP contribution in [-0.4, -0.2) is 5.78 Å². The second kappa shape index (κ2) is 2.94. The van der Waals surface area contributed by atoms with Gasteiger partial charge in [0.25, 0.3) is 0 Å². The van der Waals surface area contributed by atoms with Crippen molar-refractivity contribution in [1.82, 2.24) is 0 Å². The third-order valence-corrected chi connectivity index (χ3v) is 3.56. The van der Waals surface area contributed by atoms with Crippen LogP contribution in [0.25, 0.3) is 0 Å². The first-order chi connectivity index (χ1) is 6.86. The van der Waals surface area contributed by atoms with Crippen molar-refractivity contribution >= 4 is 5.78 Å². The molecule has 0 saturated carbocycles. The van der Waals surface area contributed by atoms with Gasteiger partial charge in [0.05, 0.1) is 0 Å². The third kappa shape index (κ3) is 1.05. The molecule has 0 spiro atoms. The standard InChI is InChI=1S/C13H14O/c14-12-8-7-10-6-5-9-3-1-2-4-11(9)13(10)12/h2,4H,1,3,5-8H2. The molecule has 0 radical (unpaired) electrons. The lowest BCUT2D eigenvalue weighted by molar-refractivity contribution is -0.114. The van der Waals surface area contributed by atoms with Crippen molar-refractivity contribution < 1.29 is 4.79 Å². The molecule has 3 aliphatic carbocycles. The quantitative estimate of drug-likeness (QED) is 0.568. The van der Waals surface area contributed by atoms with E-state index < -0.39 is 0 Å². The Hall–Kier alpha value is -1.11. The van der Waals surface area contributed by atoms with Crippen LogP contribution in [0.15, 0.2) is 34.4 Å². The summed E-state index contributed by atoms with van der Waals surface area (Å²) in [5.74, 6) is 0.388. The van der Waals surface area contributed by atoms with Gasteiger partial charge in [0.15, 0.2) is 5.78 Å². The fraction of sp³-hybridized carbons (Fsp3) is 0.462. The van der Waals surface area contributed by atoms with Crippen LogP contribution < -0.4 is 0 Å². The highest BCUT2D eigenvalue weighted by Crippen LogP contribution is 2.41. The molecular formula is C13H14O. The summed E-state index contributed by atoms with van der Waals surface area (Å²) in [4.78, 5) is 11.7. The lowest BCUT2D eigenvalue weighted by atomic mass is 9.82. The molecule has 0 aromatic carbocycles. The van der Waals surface area contributed by atoms with E-state index >= 15 is 0 Å². The first kappa shape index (κ1) is 8.22. The summed E-state index contributed by atoms with van der Waals surface area (Å²) in [6.07, 6.45) is 10.9. The molecule has 72 valence electrons. The number of rotatable bonds is 0. The molecule has 1 heteroatoms. The molecule has 0 aromatic rings. The van der Waals surface area contributed by atoms with Gasteiger partial charge in [0.1, 0.15) is 0 Å². The Bertz CT molecular complexity index is 393. The van der Waals surface area contributed by atoms with Gasteiger partial charge >= 0.3 is 0 Å². The van der Waals surface area contributed by atoms with Crippen molar-refractivity contribution in [2.24, 2.45) is 0 Å². The maximum Gasteiger partial charge on any atom is 0.163 e. The summed E-state index contributed by atoms with van der Waals surface area (Å²) in [7, 11) is 0. The summed E-state index contributed by atoms with van der Waals surface area (Å²) >= 11 is 0. The minimum absolute atomic E-state index is 0.388. The second-order valence-corrected chi connectivity index (χ2v) is 4.36. The van der Waals surface area contributed by atoms with Crippen LogP contribution in [-0.2, 0) is 4.79 Å². The third-order valence-electron chi connectivity index (χ3n) is 3.56. The van der Waals surface area contributed by atoms with Gasteiger partial charge in [-0.25, -0.2) is 0 Å². The Kier molecular flexibility index (Phi) is 1.73. The summed E-state index contributed by atoms with van der Waals surface area (Å²) < 4.78 is 0. The number of carbonyl (C=O) groups is 1. The van der Waals surface area contributed by atoms with Crippen LogP contribution in [0.3, 0.4) is 0 Å². The number of ketones is 1. The number of Topliss-reactive ketones (excluding diaryl/α,β-unsaturated/α-hetero) is 1. The first-order valence-corrected chi connectivity index (χ1v) is 5.50. The number of hydrogen-bond donors (Lipinski definition) is 0. The van der Waals surface area contributed by atoms with Crippen LogP contribution in [0.5, 0.6) is 0 Å². The Morgan fingerprint density at radius 1 is 0.929 bits per heavy atom. The number of carbonyl (C=O) groups excluding carboxylic acids is 1. The van der Waals surface area contributed by atoms with E-state index in [1.165, 1.54) is 29.6 Å². The monoisotopic (exact) mass is 186 g/mol. The number of allylic oxidation sites excluding steroid dienone is 6. The lowest BCUT2D eigenvalue weighted by Gasteiger charge is -2.22. The molecule has 0 aromatic heterocycles. The van der Waals surface area contributed by atoms with Gasteiger partial charge in [0.2, 0.25) is 0 Å². The average Bonchev–Trinajstić information content (AvgIpc) is 2.61. The van der Waals surface area contributed by atoms with Crippen molar-refractivity contribution in [3.8, 4) is 0 Å². The Morgan fingerprint density at radius 2 is 1.71 bits per heavy atom. The topological polar surface area (TPSA) is 17.1 Å². The van der Waals surface area contributed by atoms with Gasteiger partial charge in [-0.15, -0.1) is 0 Å². The van der Waals surface area contributed by atoms with E-state index in [4.69, 9.17) is 0 Å². The Morgan fingerprint density at radius 3 is 2.64 bits per heavy atom. The maximum atomic E-state index is 11.7. The van der Waals surface area contributed by atoms with Gasteiger partial charge in [-0.2, -0.15) is 0 Å². The van der Waals surface area contributed by atoms with Crippen molar-refractivity contribution in [3.05, 3.63) is 34.4 Å². The highest BCUT2D eigenvalue weighted by Gasteiger charge is 2.29. The highest BCUT2D eigenvalue weighted by molar-refractivity contribution is 6.04. The minimum Gasteiger partial charge on any atom is -0.294 e. The molecule has 0 atom stereocenters. The van der Waals surface area contributed by atoms with Crippen LogP contribution in [0, 0.1) is 0 Å². The van der Waals surface area contributed by atoms with Crippen molar-refractivity contribution in [1.29, 1.82) is 0 Å². The van der Waals surface area contributed by atoms with E-state index in [-0.39, 0.29) is 0 Å². The summed E-state index contributed by atoms with van der Waals surface area (Å²) in [5.41, 5.74) is 5.35. The maximum absolute atomic E-state index is 11.7. The molecule has 1 nitrogen and oxygen atoms in total. The molecule has 0 fully saturated rings. The fourth-order valence-corrected chi connectivity index (χ4v) is 2.84.